The van der Waals surface area contributed by atoms with Crippen molar-refractivity contribution in [3.8, 4) is 0 Å². The first kappa shape index (κ1) is 38.0. The number of nitrogens with one attached hydrogen (secondary N) is 3. The van der Waals surface area contributed by atoms with E-state index in [1.54, 1.807) is 0 Å². The van der Waals surface area contributed by atoms with Crippen molar-refractivity contribution in [2.75, 3.05) is 13.1 Å². The second-order valence-electron chi connectivity index (χ2n) is 7.83. The van der Waals surface area contributed by atoms with Crippen LogP contribution >= 0.6 is 0 Å². The van der Waals surface area contributed by atoms with Crippen LogP contribution in [0.2, 0.25) is 0 Å². The number of hydrogen-bond donors (Lipinski definition) is 3. The van der Waals surface area contributed by atoms with Crippen molar-refractivity contribution in [3.63, 3.8) is 0 Å². The maximum Gasteiger partial charge on any atom is 1.00 e. The molecule has 0 fully saturated rings. The number of amides is 3. The van der Waals surface area contributed by atoms with Gasteiger partial charge in [-0.1, -0.05) is 44.8 Å². The van der Waals surface area contributed by atoms with Crippen LogP contribution in [0.1, 0.15) is 90.4 Å². The Labute approximate surface area is 248 Å². The van der Waals surface area contributed by atoms with E-state index in [0.29, 0.717) is 13.0 Å². The molecular formula is C23H39N3Na2O6. The molecule has 34 heavy (non-hydrogen) atoms. The summed E-state index contributed by atoms with van der Waals surface area (Å²) >= 11 is 0. The number of carboxylic acids is 2. The van der Waals surface area contributed by atoms with Crippen LogP contribution in [-0.2, 0) is 14.4 Å². The molecule has 9 nitrogen and oxygen atoms in total. The van der Waals surface area contributed by atoms with Gasteiger partial charge in [-0.2, -0.15) is 0 Å². The minimum absolute atomic E-state index is 0. The zero-order valence-electron chi connectivity index (χ0n) is 21.3. The molecule has 0 aromatic rings. The van der Waals surface area contributed by atoms with Crippen molar-refractivity contribution in [2.24, 2.45) is 0 Å². The van der Waals surface area contributed by atoms with Gasteiger partial charge in [0.05, 0.1) is 12.0 Å². The first-order valence-electron chi connectivity index (χ1n) is 11.7. The number of urea groups is 1. The first-order chi connectivity index (χ1) is 15.4. The van der Waals surface area contributed by atoms with E-state index in [4.69, 9.17) is 0 Å². The smallest absolute Gasteiger partial charge is 0.550 e. The second kappa shape index (κ2) is 27.0. The van der Waals surface area contributed by atoms with Crippen molar-refractivity contribution in [3.05, 3.63) is 12.2 Å². The monoisotopic (exact) mass is 499 g/mol. The summed E-state index contributed by atoms with van der Waals surface area (Å²) in [5.41, 5.74) is 0. The van der Waals surface area contributed by atoms with Crippen molar-refractivity contribution >= 4 is 23.9 Å². The zero-order chi connectivity index (χ0) is 24.0. The Bertz CT molecular complexity index is 591. The maximum atomic E-state index is 11.7. The van der Waals surface area contributed by atoms with Crippen LogP contribution in [0.5, 0.6) is 0 Å². The van der Waals surface area contributed by atoms with Gasteiger partial charge in [-0.3, -0.25) is 4.79 Å². The van der Waals surface area contributed by atoms with Gasteiger partial charge in [-0.15, -0.1) is 0 Å². The van der Waals surface area contributed by atoms with Crippen LogP contribution < -0.4 is 85.3 Å². The number of carbonyl (C=O) groups excluding carboxylic acids is 4. The van der Waals surface area contributed by atoms with Crippen molar-refractivity contribution < 1.29 is 88.5 Å². The fraction of sp³-hybridized carbons (Fsp3) is 0.739. The van der Waals surface area contributed by atoms with Crippen molar-refractivity contribution in [2.45, 2.75) is 96.4 Å². The van der Waals surface area contributed by atoms with Gasteiger partial charge in [0.15, 0.2) is 0 Å². The Hall–Kier alpha value is -0.580. The third-order valence-electron chi connectivity index (χ3n) is 4.83. The number of allylic oxidation sites excluding steroid dienone is 2. The van der Waals surface area contributed by atoms with Crippen LogP contribution in [0.3, 0.4) is 0 Å². The summed E-state index contributed by atoms with van der Waals surface area (Å²) in [6.45, 7) is 3.53. The average Bonchev–Trinajstić information content (AvgIpc) is 2.73. The minimum atomic E-state index is -1.63. The number of aliphatic carboxylic acids is 2. The van der Waals surface area contributed by atoms with Crippen molar-refractivity contribution in [1.82, 2.24) is 16.0 Å². The number of unbranched alkanes of at least 4 members (excludes halogenated alkanes) is 8. The van der Waals surface area contributed by atoms with E-state index in [0.717, 1.165) is 70.8 Å². The molecule has 1 unspecified atom stereocenters. The van der Waals surface area contributed by atoms with E-state index in [2.05, 4.69) is 35.0 Å². The number of carbonyl (C=O) groups is 4. The largest absolute Gasteiger partial charge is 1.00 e. The molecule has 3 N–H and O–H groups in total. The Morgan fingerprint density at radius 3 is 1.82 bits per heavy atom. The molecule has 0 radical (unpaired) electrons. The van der Waals surface area contributed by atoms with Gasteiger partial charge in [0, 0.05) is 31.9 Å². The SMILES string of the molecule is CCCCCNC(=O)NCCCC/C=C\CCCCCCC(=O)NC(CC(=O)[O-])C(=O)[O-].[Na+].[Na+]. The second-order valence-corrected chi connectivity index (χ2v) is 7.83. The molecule has 184 valence electrons. The van der Waals surface area contributed by atoms with Crippen LogP contribution in [0.4, 0.5) is 4.79 Å². The first-order valence-corrected chi connectivity index (χ1v) is 11.7. The molecule has 0 aliphatic heterocycles. The van der Waals surface area contributed by atoms with Crippen LogP contribution in [0.15, 0.2) is 12.2 Å². The molecule has 0 aromatic carbocycles. The number of hydrogen-bond acceptors (Lipinski definition) is 6. The van der Waals surface area contributed by atoms with E-state index in [-0.39, 0.29) is 71.6 Å². The maximum absolute atomic E-state index is 11.7. The predicted molar refractivity (Wildman–Crippen MR) is 118 cm³/mol. The fourth-order valence-corrected chi connectivity index (χ4v) is 2.99. The van der Waals surface area contributed by atoms with E-state index >= 15 is 0 Å². The molecule has 0 aliphatic carbocycles. The summed E-state index contributed by atoms with van der Waals surface area (Å²) < 4.78 is 0. The molecule has 0 heterocycles. The summed E-state index contributed by atoms with van der Waals surface area (Å²) in [6, 6.07) is -1.65. The topological polar surface area (TPSA) is 150 Å². The summed E-state index contributed by atoms with van der Waals surface area (Å²) in [5.74, 6) is -3.68. The summed E-state index contributed by atoms with van der Waals surface area (Å²) in [5, 5.41) is 29.1. The molecule has 0 saturated heterocycles. The normalized spacial score (nSPS) is 11.1. The van der Waals surface area contributed by atoms with Gasteiger partial charge in [0.2, 0.25) is 5.91 Å². The molecule has 0 bridgehead atoms. The summed E-state index contributed by atoms with van der Waals surface area (Å²) in [6.07, 6.45) is 14.2. The minimum Gasteiger partial charge on any atom is -0.550 e. The number of rotatable bonds is 20. The molecule has 0 saturated carbocycles. The zero-order valence-corrected chi connectivity index (χ0v) is 25.3. The van der Waals surface area contributed by atoms with E-state index in [9.17, 15) is 29.4 Å². The number of carboxylic acid groups (broad SMARTS) is 2. The average molecular weight is 500 g/mol. The molecule has 3 amide bonds. The van der Waals surface area contributed by atoms with E-state index in [1.807, 2.05) is 0 Å². The van der Waals surface area contributed by atoms with Gasteiger partial charge in [0.25, 0.3) is 0 Å². The Kier molecular flexibility index (Phi) is 30.2. The van der Waals surface area contributed by atoms with Gasteiger partial charge in [-0.05, 0) is 44.9 Å². The van der Waals surface area contributed by atoms with Gasteiger partial charge < -0.3 is 35.8 Å². The predicted octanol–water partition coefficient (Wildman–Crippen LogP) is -5.07. The Morgan fingerprint density at radius 1 is 0.765 bits per heavy atom. The standard InChI is InChI=1S/C23H41N3O6.2Na/c1-2-3-13-16-24-23(32)25-17-14-11-9-7-5-4-6-8-10-12-15-20(27)26-19(22(30)31)18-21(28)29;;/h5,7,19H,2-4,6,8-18H2,1H3,(H,26,27)(H,28,29)(H,30,31)(H2,24,25,32);;/q;2*+1/p-2/b7-5-;;. The summed E-state index contributed by atoms with van der Waals surface area (Å²) in [4.78, 5) is 44.5. The van der Waals surface area contributed by atoms with Crippen molar-refractivity contribution in [1.29, 1.82) is 0 Å². The van der Waals surface area contributed by atoms with Crippen LogP contribution in [0, 0.1) is 0 Å². The van der Waals surface area contributed by atoms with Gasteiger partial charge in [-0.25, -0.2) is 4.79 Å². The third kappa shape index (κ3) is 26.0. The van der Waals surface area contributed by atoms with Crippen LogP contribution in [0.25, 0.3) is 0 Å². The molecule has 0 spiro atoms. The Balaban J connectivity index is -0.00000480. The molecule has 1 atom stereocenters. The fourth-order valence-electron chi connectivity index (χ4n) is 2.99. The third-order valence-corrected chi connectivity index (χ3v) is 4.83. The van der Waals surface area contributed by atoms with Gasteiger partial charge >= 0.3 is 65.1 Å². The van der Waals surface area contributed by atoms with E-state index < -0.39 is 30.3 Å². The molecular weight excluding hydrogens is 460 g/mol. The molecule has 0 rings (SSSR count). The van der Waals surface area contributed by atoms with E-state index in [1.165, 1.54) is 0 Å². The van der Waals surface area contributed by atoms with Crippen LogP contribution in [-0.4, -0.2) is 43.0 Å². The Morgan fingerprint density at radius 2 is 1.29 bits per heavy atom. The molecule has 0 aliphatic rings. The van der Waals surface area contributed by atoms with Gasteiger partial charge in [0.1, 0.15) is 0 Å². The molecule has 11 heteroatoms. The molecule has 0 aromatic heterocycles. The summed E-state index contributed by atoms with van der Waals surface area (Å²) in [7, 11) is 0. The quantitative estimate of drug-likeness (QED) is 0.0867.